The number of rotatable bonds is 2. The Bertz CT molecular complexity index is 658. The predicted octanol–water partition coefficient (Wildman–Crippen LogP) is 6.28. The summed E-state index contributed by atoms with van der Waals surface area (Å²) in [6.45, 7) is 0. The van der Waals surface area contributed by atoms with E-state index in [1.807, 2.05) is 12.1 Å². The van der Waals surface area contributed by atoms with Crippen LogP contribution in [0.1, 0.15) is 23.3 Å². The predicted molar refractivity (Wildman–Crippen MR) is 104 cm³/mol. The largest absolute Gasteiger partial charge is 0.375 e. The molecule has 0 fully saturated rings. The molecule has 1 aliphatic rings. The van der Waals surface area contributed by atoms with Crippen molar-refractivity contribution in [3.63, 3.8) is 0 Å². The van der Waals surface area contributed by atoms with Gasteiger partial charge in [0.25, 0.3) is 0 Å². The topological polar surface area (TPSA) is 18.5 Å². The summed E-state index contributed by atoms with van der Waals surface area (Å²) in [6, 6.07) is 8.32. The van der Waals surface area contributed by atoms with Crippen molar-refractivity contribution in [2.45, 2.75) is 21.9 Å². The first-order valence-electron chi connectivity index (χ1n) is 6.76. The van der Waals surface area contributed by atoms with Crippen LogP contribution in [0, 0.1) is 0 Å². The number of benzene rings is 2. The summed E-state index contributed by atoms with van der Waals surface area (Å²) in [5.74, 6) is 0. The zero-order valence-corrected chi connectivity index (χ0v) is 18.3. The first-order chi connectivity index (χ1) is 10.5. The minimum Gasteiger partial charge on any atom is -0.375 e. The molecule has 3 rings (SSSR count). The Morgan fingerprint density at radius 3 is 1.45 bits per heavy atom. The van der Waals surface area contributed by atoms with Crippen LogP contribution in [0.2, 0.25) is 0 Å². The number of alkyl halides is 2. The highest BCUT2D eigenvalue weighted by Crippen LogP contribution is 2.53. The number of hydrogen-bond acceptors (Lipinski definition) is 2. The summed E-state index contributed by atoms with van der Waals surface area (Å²) in [4.78, 5) is 0.221. The molecule has 0 aliphatic heterocycles. The molecule has 0 saturated carbocycles. The Morgan fingerprint density at radius 2 is 1.14 bits per heavy atom. The van der Waals surface area contributed by atoms with E-state index < -0.39 is 0 Å². The molecule has 0 radical (unpaired) electrons. The van der Waals surface area contributed by atoms with E-state index in [4.69, 9.17) is 9.47 Å². The molecule has 2 aromatic rings. The lowest BCUT2D eigenvalue weighted by molar-refractivity contribution is 0.0448. The maximum absolute atomic E-state index is 5.79. The molecular weight excluding hydrogens is 544 g/mol. The van der Waals surface area contributed by atoms with Crippen LogP contribution in [0.15, 0.2) is 33.2 Å². The molecule has 0 unspecified atom stereocenters. The van der Waals surface area contributed by atoms with Gasteiger partial charge in [0.2, 0.25) is 0 Å². The molecular formula is C16H14Br4O2. The molecule has 2 nitrogen and oxygen atoms in total. The van der Waals surface area contributed by atoms with Crippen molar-refractivity contribution in [2.75, 3.05) is 14.2 Å². The zero-order chi connectivity index (χ0) is 16.0. The molecule has 2 aromatic carbocycles. The van der Waals surface area contributed by atoms with Crippen molar-refractivity contribution < 1.29 is 9.47 Å². The van der Waals surface area contributed by atoms with E-state index in [-0.39, 0.29) is 21.9 Å². The fraction of sp³-hybridized carbons (Fsp3) is 0.375. The van der Waals surface area contributed by atoms with Gasteiger partial charge in [-0.2, -0.15) is 0 Å². The van der Waals surface area contributed by atoms with Gasteiger partial charge < -0.3 is 9.47 Å². The monoisotopic (exact) mass is 554 g/mol. The second kappa shape index (κ2) is 6.81. The maximum atomic E-state index is 5.79. The molecule has 0 aromatic heterocycles. The average molecular weight is 558 g/mol. The highest BCUT2D eigenvalue weighted by molar-refractivity contribution is 9.12. The maximum Gasteiger partial charge on any atom is 0.0973 e. The van der Waals surface area contributed by atoms with Gasteiger partial charge in [-0.25, -0.2) is 0 Å². The summed E-state index contributed by atoms with van der Waals surface area (Å²) in [7, 11) is 3.48. The standard InChI is InChI=1S/C16H14Br4O2/c1-21-15-9-10(16(22-2)14(20)13(15)19)12(18)8-6-4-3-5-7(8)11(9)17/h3-6,13-16H,1-2H3/t13-,14+,15+,16-. The van der Waals surface area contributed by atoms with E-state index in [2.05, 4.69) is 75.9 Å². The van der Waals surface area contributed by atoms with Crippen LogP contribution < -0.4 is 0 Å². The zero-order valence-electron chi connectivity index (χ0n) is 11.9. The molecule has 0 bridgehead atoms. The second-order valence-corrected chi connectivity index (χ2v) is 8.90. The first-order valence-corrected chi connectivity index (χ1v) is 10.2. The fourth-order valence-electron chi connectivity index (χ4n) is 3.10. The Kier molecular flexibility index (Phi) is 5.37. The van der Waals surface area contributed by atoms with Gasteiger partial charge in [-0.3, -0.25) is 0 Å². The van der Waals surface area contributed by atoms with E-state index in [9.17, 15) is 0 Å². The summed E-state index contributed by atoms with van der Waals surface area (Å²) in [6.07, 6.45) is -0.137. The van der Waals surface area contributed by atoms with Gasteiger partial charge in [0.1, 0.15) is 0 Å². The van der Waals surface area contributed by atoms with Gasteiger partial charge in [0.15, 0.2) is 0 Å². The van der Waals surface area contributed by atoms with Crippen LogP contribution in [0.3, 0.4) is 0 Å². The SMILES string of the molecule is CO[C@@H]1c2c(c(Br)c3ccccc3c2Br)[C@H](OC)[C@H](Br)[C@@H]1Br. The Morgan fingerprint density at radius 1 is 0.773 bits per heavy atom. The lowest BCUT2D eigenvalue weighted by Crippen LogP contribution is -2.36. The van der Waals surface area contributed by atoms with Gasteiger partial charge >= 0.3 is 0 Å². The Balaban J connectivity index is 2.42. The van der Waals surface area contributed by atoms with Crippen molar-refractivity contribution in [2.24, 2.45) is 0 Å². The third kappa shape index (κ3) is 2.54. The van der Waals surface area contributed by atoms with Crippen LogP contribution in [-0.2, 0) is 9.47 Å². The minimum atomic E-state index is -0.0685. The van der Waals surface area contributed by atoms with Gasteiger partial charge in [-0.15, -0.1) is 0 Å². The number of ether oxygens (including phenoxy) is 2. The summed E-state index contributed by atoms with van der Waals surface area (Å²) in [5, 5.41) is 2.33. The van der Waals surface area contributed by atoms with Crippen LogP contribution in [-0.4, -0.2) is 23.9 Å². The number of methoxy groups -OCH3 is 2. The van der Waals surface area contributed by atoms with Crippen molar-refractivity contribution in [3.8, 4) is 0 Å². The van der Waals surface area contributed by atoms with Gasteiger partial charge in [-0.05, 0) is 42.6 Å². The second-order valence-electron chi connectivity index (χ2n) is 5.20. The quantitative estimate of drug-likeness (QED) is 0.405. The van der Waals surface area contributed by atoms with Crippen molar-refractivity contribution in [1.29, 1.82) is 0 Å². The van der Waals surface area contributed by atoms with E-state index in [0.29, 0.717) is 0 Å². The molecule has 1 aliphatic carbocycles. The molecule has 0 saturated heterocycles. The van der Waals surface area contributed by atoms with Crippen LogP contribution >= 0.6 is 63.7 Å². The molecule has 0 N–H and O–H groups in total. The normalized spacial score (nSPS) is 27.9. The fourth-order valence-corrected chi connectivity index (χ4v) is 6.18. The summed E-state index contributed by atoms with van der Waals surface area (Å²) < 4.78 is 13.7. The van der Waals surface area contributed by atoms with Gasteiger partial charge in [0, 0.05) is 34.3 Å². The van der Waals surface area contributed by atoms with E-state index in [1.165, 1.54) is 0 Å². The lowest BCUT2D eigenvalue weighted by atomic mass is 9.85. The van der Waals surface area contributed by atoms with Crippen LogP contribution in [0.25, 0.3) is 10.8 Å². The first kappa shape index (κ1) is 17.4. The molecule has 0 heterocycles. The van der Waals surface area contributed by atoms with Crippen molar-refractivity contribution in [3.05, 3.63) is 44.3 Å². The molecule has 0 spiro atoms. The molecule has 22 heavy (non-hydrogen) atoms. The summed E-state index contributed by atoms with van der Waals surface area (Å²) in [5.41, 5.74) is 2.27. The molecule has 0 amide bonds. The van der Waals surface area contributed by atoms with Crippen molar-refractivity contribution in [1.82, 2.24) is 0 Å². The number of hydrogen-bond donors (Lipinski definition) is 0. The number of halogens is 4. The average Bonchev–Trinajstić information content (AvgIpc) is 2.54. The lowest BCUT2D eigenvalue weighted by Gasteiger charge is -2.39. The Labute approximate surface area is 163 Å². The summed E-state index contributed by atoms with van der Waals surface area (Å²) >= 11 is 15.1. The van der Waals surface area contributed by atoms with E-state index in [1.54, 1.807) is 14.2 Å². The van der Waals surface area contributed by atoms with Crippen molar-refractivity contribution >= 4 is 74.5 Å². The Hall–Kier alpha value is 0.540. The number of fused-ring (bicyclic) bond motifs is 2. The van der Waals surface area contributed by atoms with E-state index >= 15 is 0 Å². The third-order valence-corrected chi connectivity index (χ3v) is 8.64. The van der Waals surface area contributed by atoms with Crippen LogP contribution in [0.5, 0.6) is 0 Å². The highest BCUT2D eigenvalue weighted by Gasteiger charge is 2.43. The highest BCUT2D eigenvalue weighted by atomic mass is 79.9. The smallest absolute Gasteiger partial charge is 0.0973 e. The van der Waals surface area contributed by atoms with Crippen LogP contribution in [0.4, 0.5) is 0 Å². The third-order valence-electron chi connectivity index (χ3n) is 4.12. The minimum absolute atomic E-state index is 0.0685. The van der Waals surface area contributed by atoms with Gasteiger partial charge in [-0.1, -0.05) is 56.1 Å². The molecule has 118 valence electrons. The molecule has 4 atom stereocenters. The van der Waals surface area contributed by atoms with Gasteiger partial charge in [0.05, 0.1) is 21.9 Å². The van der Waals surface area contributed by atoms with E-state index in [0.717, 1.165) is 30.8 Å². The molecule has 6 heteroatoms.